The zero-order valence-electron chi connectivity index (χ0n) is 15.1. The molecule has 0 atom stereocenters. The average molecular weight is 405 g/mol. The fraction of sp³-hybridized carbons (Fsp3) is 0.211. The molecule has 0 spiro atoms. The molecule has 8 heteroatoms. The lowest BCUT2D eigenvalue weighted by Gasteiger charge is -2.13. The number of carbonyl (C=O) groups is 1. The standard InChI is InChI=1S/C19H18Cl2N4O2/c1-4-27-19(26)18(17(22)12-5-6-13(20)14(21)9-12)25-16-8-11(3)10(2)7-15(16)23-24-25/h5-9H,4,22H2,1-3H3/b18-17+. The van der Waals surface area contributed by atoms with Crippen LogP contribution in [0.3, 0.4) is 0 Å². The summed E-state index contributed by atoms with van der Waals surface area (Å²) in [5.41, 5.74) is 10.5. The monoisotopic (exact) mass is 404 g/mol. The van der Waals surface area contributed by atoms with Crippen LogP contribution in [0.25, 0.3) is 22.4 Å². The Morgan fingerprint density at radius 1 is 1.15 bits per heavy atom. The van der Waals surface area contributed by atoms with Crippen molar-refractivity contribution in [1.29, 1.82) is 0 Å². The first kappa shape index (κ1) is 19.2. The fourth-order valence-corrected chi connectivity index (χ4v) is 2.95. The topological polar surface area (TPSA) is 83.0 Å². The molecule has 0 aliphatic carbocycles. The second-order valence-electron chi connectivity index (χ2n) is 6.04. The lowest BCUT2D eigenvalue weighted by atomic mass is 10.1. The Morgan fingerprint density at radius 2 is 1.85 bits per heavy atom. The Bertz CT molecular complexity index is 1070. The van der Waals surface area contributed by atoms with Gasteiger partial charge in [-0.1, -0.05) is 34.5 Å². The maximum absolute atomic E-state index is 12.7. The van der Waals surface area contributed by atoms with Crippen molar-refractivity contribution in [2.45, 2.75) is 20.8 Å². The van der Waals surface area contributed by atoms with Gasteiger partial charge < -0.3 is 10.5 Å². The normalized spacial score (nSPS) is 12.2. The molecule has 1 heterocycles. The number of halogens is 2. The summed E-state index contributed by atoms with van der Waals surface area (Å²) >= 11 is 12.1. The fourth-order valence-electron chi connectivity index (χ4n) is 2.65. The van der Waals surface area contributed by atoms with E-state index in [4.69, 9.17) is 33.7 Å². The van der Waals surface area contributed by atoms with Crippen LogP contribution in [0.4, 0.5) is 0 Å². The zero-order valence-corrected chi connectivity index (χ0v) is 16.6. The highest BCUT2D eigenvalue weighted by atomic mass is 35.5. The molecule has 1 aromatic heterocycles. The van der Waals surface area contributed by atoms with Crippen molar-refractivity contribution in [3.63, 3.8) is 0 Å². The van der Waals surface area contributed by atoms with E-state index in [1.165, 1.54) is 4.68 Å². The van der Waals surface area contributed by atoms with E-state index < -0.39 is 5.97 Å². The maximum atomic E-state index is 12.7. The maximum Gasteiger partial charge on any atom is 0.359 e. The largest absolute Gasteiger partial charge is 0.461 e. The van der Waals surface area contributed by atoms with E-state index in [2.05, 4.69) is 10.3 Å². The van der Waals surface area contributed by atoms with Crippen LogP contribution in [0.5, 0.6) is 0 Å². The predicted molar refractivity (Wildman–Crippen MR) is 107 cm³/mol. The van der Waals surface area contributed by atoms with E-state index in [0.717, 1.165) is 11.1 Å². The van der Waals surface area contributed by atoms with Gasteiger partial charge in [-0.15, -0.1) is 5.10 Å². The molecule has 2 N–H and O–H groups in total. The SMILES string of the molecule is CCOC(=O)/C(=C(\N)c1ccc(Cl)c(Cl)c1)n1nnc2cc(C)c(C)cc21. The first-order valence-corrected chi connectivity index (χ1v) is 9.04. The number of aromatic nitrogens is 3. The van der Waals surface area contributed by atoms with E-state index in [0.29, 0.717) is 26.6 Å². The zero-order chi connectivity index (χ0) is 19.7. The van der Waals surface area contributed by atoms with E-state index in [9.17, 15) is 4.79 Å². The van der Waals surface area contributed by atoms with Gasteiger partial charge in [0.25, 0.3) is 0 Å². The van der Waals surface area contributed by atoms with Crippen LogP contribution in [0.1, 0.15) is 23.6 Å². The third-order valence-corrected chi connectivity index (χ3v) is 4.97. The summed E-state index contributed by atoms with van der Waals surface area (Å²) in [5.74, 6) is -0.605. The number of carbonyl (C=O) groups excluding carboxylic acids is 1. The molecule has 0 amide bonds. The number of hydrogen-bond acceptors (Lipinski definition) is 5. The lowest BCUT2D eigenvalue weighted by molar-refractivity contribution is -0.136. The smallest absolute Gasteiger partial charge is 0.359 e. The number of aryl methyl sites for hydroxylation is 2. The Kier molecular flexibility index (Phi) is 5.39. The molecule has 0 saturated carbocycles. The number of nitrogens with zero attached hydrogens (tertiary/aromatic N) is 3. The minimum absolute atomic E-state index is 0.0704. The van der Waals surface area contributed by atoms with Gasteiger partial charge in [-0.25, -0.2) is 9.48 Å². The molecule has 27 heavy (non-hydrogen) atoms. The summed E-state index contributed by atoms with van der Waals surface area (Å²) in [5, 5.41) is 9.02. The third kappa shape index (κ3) is 3.63. The molecule has 0 fully saturated rings. The van der Waals surface area contributed by atoms with Crippen LogP contribution in [-0.2, 0) is 9.53 Å². The number of rotatable bonds is 4. The van der Waals surface area contributed by atoms with Crippen LogP contribution in [0, 0.1) is 13.8 Å². The summed E-state index contributed by atoms with van der Waals surface area (Å²) in [6.45, 7) is 5.88. The molecule has 140 valence electrons. The van der Waals surface area contributed by atoms with Crippen molar-refractivity contribution in [2.24, 2.45) is 5.73 Å². The van der Waals surface area contributed by atoms with Crippen molar-refractivity contribution < 1.29 is 9.53 Å². The van der Waals surface area contributed by atoms with Gasteiger partial charge in [0, 0.05) is 5.56 Å². The molecule has 3 aromatic rings. The molecule has 0 bridgehead atoms. The second kappa shape index (κ2) is 7.58. The summed E-state index contributed by atoms with van der Waals surface area (Å²) in [6.07, 6.45) is 0. The quantitative estimate of drug-likeness (QED) is 0.520. The highest BCUT2D eigenvalue weighted by Gasteiger charge is 2.23. The van der Waals surface area contributed by atoms with Crippen molar-refractivity contribution in [2.75, 3.05) is 6.61 Å². The number of fused-ring (bicyclic) bond motifs is 1. The van der Waals surface area contributed by atoms with Crippen molar-refractivity contribution in [3.05, 3.63) is 57.1 Å². The van der Waals surface area contributed by atoms with Crippen LogP contribution in [0.2, 0.25) is 10.0 Å². The van der Waals surface area contributed by atoms with E-state index in [-0.39, 0.29) is 18.0 Å². The van der Waals surface area contributed by atoms with Crippen molar-refractivity contribution in [3.8, 4) is 0 Å². The minimum Gasteiger partial charge on any atom is -0.461 e. The molecule has 0 unspecified atom stereocenters. The minimum atomic E-state index is -0.605. The Labute approximate surface area is 166 Å². The van der Waals surface area contributed by atoms with E-state index in [1.54, 1.807) is 25.1 Å². The molecular weight excluding hydrogens is 387 g/mol. The van der Waals surface area contributed by atoms with Gasteiger partial charge in [-0.05, 0) is 56.2 Å². The Morgan fingerprint density at radius 3 is 2.52 bits per heavy atom. The van der Waals surface area contributed by atoms with Crippen molar-refractivity contribution >= 4 is 51.6 Å². The molecule has 0 radical (unpaired) electrons. The molecule has 0 saturated heterocycles. The van der Waals surface area contributed by atoms with Gasteiger partial charge in [0.05, 0.1) is 27.9 Å². The number of benzene rings is 2. The van der Waals surface area contributed by atoms with Crippen LogP contribution in [0.15, 0.2) is 30.3 Å². The molecule has 3 rings (SSSR count). The molecule has 2 aromatic carbocycles. The van der Waals surface area contributed by atoms with Gasteiger partial charge in [-0.2, -0.15) is 0 Å². The van der Waals surface area contributed by atoms with E-state index >= 15 is 0 Å². The summed E-state index contributed by atoms with van der Waals surface area (Å²) in [4.78, 5) is 12.7. The van der Waals surface area contributed by atoms with Gasteiger partial charge >= 0.3 is 5.97 Å². The van der Waals surface area contributed by atoms with Crippen molar-refractivity contribution in [1.82, 2.24) is 15.0 Å². The van der Waals surface area contributed by atoms with Gasteiger partial charge in [0.15, 0.2) is 5.70 Å². The van der Waals surface area contributed by atoms with Crippen LogP contribution in [-0.4, -0.2) is 27.6 Å². The first-order valence-electron chi connectivity index (χ1n) is 8.28. The first-order chi connectivity index (χ1) is 12.8. The van der Waals surface area contributed by atoms with Crippen LogP contribution < -0.4 is 5.73 Å². The average Bonchev–Trinajstić information content (AvgIpc) is 3.00. The van der Waals surface area contributed by atoms with Gasteiger partial charge in [0.2, 0.25) is 0 Å². The number of esters is 1. The summed E-state index contributed by atoms with van der Waals surface area (Å²) < 4.78 is 6.60. The molecule has 6 nitrogen and oxygen atoms in total. The number of ether oxygens (including phenoxy) is 1. The number of hydrogen-bond donors (Lipinski definition) is 1. The number of nitrogens with two attached hydrogens (primary N) is 1. The van der Waals surface area contributed by atoms with Gasteiger partial charge in [-0.3, -0.25) is 0 Å². The van der Waals surface area contributed by atoms with E-state index in [1.807, 2.05) is 26.0 Å². The molecule has 0 aliphatic rings. The van der Waals surface area contributed by atoms with Crippen LogP contribution >= 0.6 is 23.2 Å². The summed E-state index contributed by atoms with van der Waals surface area (Å²) in [6, 6.07) is 8.70. The predicted octanol–water partition coefficient (Wildman–Crippen LogP) is 4.20. The Balaban J connectivity index is 2.27. The van der Waals surface area contributed by atoms with Gasteiger partial charge in [0.1, 0.15) is 5.52 Å². The Hall–Kier alpha value is -2.57. The second-order valence-corrected chi connectivity index (χ2v) is 6.85. The molecular formula is C19H18Cl2N4O2. The third-order valence-electron chi connectivity index (χ3n) is 4.23. The molecule has 0 aliphatic heterocycles. The lowest BCUT2D eigenvalue weighted by Crippen LogP contribution is -2.18. The highest BCUT2D eigenvalue weighted by molar-refractivity contribution is 6.42. The summed E-state index contributed by atoms with van der Waals surface area (Å²) in [7, 11) is 0. The highest BCUT2D eigenvalue weighted by Crippen LogP contribution is 2.28.